The zero-order valence-corrected chi connectivity index (χ0v) is 67.0. The van der Waals surface area contributed by atoms with Crippen LogP contribution in [0.2, 0.25) is 0 Å². The highest BCUT2D eigenvalue weighted by molar-refractivity contribution is 5.94. The molecule has 0 amide bonds. The van der Waals surface area contributed by atoms with Gasteiger partial charge in [0.25, 0.3) is 0 Å². The van der Waals surface area contributed by atoms with Gasteiger partial charge < -0.3 is 0 Å². The smallest absolute Gasteiger partial charge is 0.0696 e. The summed E-state index contributed by atoms with van der Waals surface area (Å²) in [6.07, 6.45) is 17.9. The summed E-state index contributed by atoms with van der Waals surface area (Å²) in [6, 6.07) is 155. The molecule has 0 unspecified atom stereocenters. The third-order valence-corrected chi connectivity index (χ3v) is 25.9. The maximum absolute atomic E-state index is 2.41. The molecule has 0 bridgehead atoms. The maximum atomic E-state index is 2.41. The Bertz CT molecular complexity index is 6360. The topological polar surface area (TPSA) is 0 Å². The predicted molar refractivity (Wildman–Crippen MR) is 506 cm³/mol. The fourth-order valence-electron chi connectivity index (χ4n) is 19.2. The monoisotopic (exact) mass is 1520 g/mol. The number of allylic oxidation sites excluding steroid dienone is 2. The number of fused-ring (bicyclic) bond motifs is 5. The summed E-state index contributed by atoms with van der Waals surface area (Å²) in [5.74, 6) is 0. The summed E-state index contributed by atoms with van der Waals surface area (Å²) < 4.78 is 0. The van der Waals surface area contributed by atoms with Gasteiger partial charge in [0.2, 0.25) is 0 Å². The zero-order valence-electron chi connectivity index (χ0n) is 67.0. The van der Waals surface area contributed by atoms with E-state index in [0.29, 0.717) is 0 Å². The normalized spacial score (nSPS) is 13.6. The van der Waals surface area contributed by atoms with Crippen molar-refractivity contribution >= 4 is 33.7 Å². The first-order chi connectivity index (χ1) is 58.8. The highest BCUT2D eigenvalue weighted by Crippen LogP contribution is 2.57. The summed E-state index contributed by atoms with van der Waals surface area (Å²) in [4.78, 5) is 0. The molecule has 2 fully saturated rings. The molecule has 566 valence electrons. The van der Waals surface area contributed by atoms with Crippen LogP contribution < -0.4 is 0 Å². The lowest BCUT2D eigenvalue weighted by atomic mass is 9.67. The molecule has 18 aromatic carbocycles. The maximum Gasteiger partial charge on any atom is 0.0713 e. The molecule has 119 heavy (non-hydrogen) atoms. The van der Waals surface area contributed by atoms with Crippen LogP contribution in [0.25, 0.3) is 178 Å². The Morgan fingerprint density at radius 2 is 0.336 bits per heavy atom. The molecule has 3 aliphatic rings. The minimum absolute atomic E-state index is 0.516. The van der Waals surface area contributed by atoms with E-state index in [4.69, 9.17) is 0 Å². The van der Waals surface area contributed by atoms with Crippen LogP contribution in [-0.2, 0) is 5.41 Å². The number of benzene rings is 18. The van der Waals surface area contributed by atoms with Crippen LogP contribution in [0.5, 0.6) is 0 Å². The van der Waals surface area contributed by atoms with E-state index >= 15 is 0 Å². The van der Waals surface area contributed by atoms with Crippen molar-refractivity contribution in [2.75, 3.05) is 0 Å². The van der Waals surface area contributed by atoms with Gasteiger partial charge in [-0.3, -0.25) is 0 Å². The minimum atomic E-state index is -0.516. The number of hydrogen-bond acceptors (Lipinski definition) is 0. The van der Waals surface area contributed by atoms with Gasteiger partial charge >= 0.3 is 0 Å². The Hall–Kier alpha value is -14.0. The molecule has 0 radical (unpaired) electrons. The molecule has 0 N–H and O–H groups in total. The third kappa shape index (κ3) is 14.6. The SMILES string of the molecule is C(=C1CCCCC1)c1ccc(-c2ccc(-c3ccc(-c4ccc5cc(-c6ccc(-c7ccc(-c8ccc(C9(c%10ccc(-c%11ccc(-c%12ccc(-c%13ccc%14cc(-c%15ccc(-c%16ccc(-c%17ccc(C=C%18CCCCC%18)cc%17)cc%16)cc%15)ccc%14c%13)cc%12)cc%11)cc%10)c%10ccccc%10-c%10ccccc%109)cc8)cc7)cc6)ccc5c4)cc3)cc2)cc1. The van der Waals surface area contributed by atoms with Crippen LogP contribution in [0.4, 0.5) is 0 Å². The largest absolute Gasteiger partial charge is 0.0713 e. The van der Waals surface area contributed by atoms with Gasteiger partial charge in [-0.05, 0) is 275 Å². The quantitative estimate of drug-likeness (QED) is 0.0904. The molecule has 0 heterocycles. The van der Waals surface area contributed by atoms with E-state index in [2.05, 4.69) is 425 Å². The molecule has 0 saturated heterocycles. The fourth-order valence-corrected chi connectivity index (χ4v) is 19.2. The molecule has 0 heteroatoms. The van der Waals surface area contributed by atoms with E-state index in [1.54, 1.807) is 11.1 Å². The first-order valence-electron chi connectivity index (χ1n) is 42.8. The standard InChI is InChI=1S/C119H90/c1-3-11-81(12-4-1)75-83-19-23-85(24-20-83)87-27-31-89(32-28-87)93-43-51-101(52-44-93)105-59-63-111-79-107(61-65-109(111)77-105)103-55-47-95(48-56-103)91-35-39-97(40-36-91)99-67-71-113(72-68-99)119(117-17-9-7-15-115(117)116-16-8-10-18-118(116)119)114-73-69-100(70-74-114)98-41-37-92(38-42-98)96-49-57-104(58-50-96)108-62-66-110-78-106(60-64-112(110)80-108)102-53-45-94(46-54-102)90-33-29-88(30-34-90)86-25-21-84(22-26-86)76-82-13-5-2-6-14-82/h7-10,15-80H,1-6,11-14H2. The van der Waals surface area contributed by atoms with Crippen molar-refractivity contribution in [2.45, 2.75) is 69.6 Å². The van der Waals surface area contributed by atoms with E-state index in [1.165, 1.54) is 264 Å². The Balaban J connectivity index is 0.459. The second-order valence-electron chi connectivity index (χ2n) is 33.1. The minimum Gasteiger partial charge on any atom is -0.0696 e. The number of rotatable bonds is 16. The van der Waals surface area contributed by atoms with Gasteiger partial charge in [0.15, 0.2) is 0 Å². The van der Waals surface area contributed by atoms with Gasteiger partial charge in [-0.15, -0.1) is 0 Å². The third-order valence-electron chi connectivity index (χ3n) is 25.9. The second-order valence-corrected chi connectivity index (χ2v) is 33.1. The molecule has 0 aliphatic heterocycles. The van der Waals surface area contributed by atoms with Crippen LogP contribution in [0, 0.1) is 0 Å². The first kappa shape index (κ1) is 72.6. The van der Waals surface area contributed by atoms with Crippen LogP contribution >= 0.6 is 0 Å². The molecule has 21 rings (SSSR count). The number of hydrogen-bond donors (Lipinski definition) is 0. The van der Waals surface area contributed by atoms with Crippen molar-refractivity contribution in [3.63, 3.8) is 0 Å². The Labute approximate surface area is 700 Å². The van der Waals surface area contributed by atoms with E-state index in [9.17, 15) is 0 Å². The Kier molecular flexibility index (Phi) is 19.5. The fraction of sp³-hybridized carbons (Fsp3) is 0.0924. The van der Waals surface area contributed by atoms with E-state index in [-0.39, 0.29) is 0 Å². The van der Waals surface area contributed by atoms with Gasteiger partial charge in [0, 0.05) is 0 Å². The van der Waals surface area contributed by atoms with Gasteiger partial charge in [0.05, 0.1) is 5.41 Å². The lowest BCUT2D eigenvalue weighted by molar-refractivity contribution is 0.602. The van der Waals surface area contributed by atoms with Crippen molar-refractivity contribution in [3.05, 3.63) is 457 Å². The van der Waals surface area contributed by atoms with E-state index in [1.807, 2.05) is 0 Å². The lowest BCUT2D eigenvalue weighted by Gasteiger charge is -2.34. The lowest BCUT2D eigenvalue weighted by Crippen LogP contribution is -2.28. The van der Waals surface area contributed by atoms with Gasteiger partial charge in [0.1, 0.15) is 0 Å². The summed E-state index contributed by atoms with van der Waals surface area (Å²) >= 11 is 0. The van der Waals surface area contributed by atoms with Crippen molar-refractivity contribution < 1.29 is 0 Å². The predicted octanol–water partition coefficient (Wildman–Crippen LogP) is 33.1. The molecular formula is C119H90. The van der Waals surface area contributed by atoms with Crippen LogP contribution in [-0.4, -0.2) is 0 Å². The van der Waals surface area contributed by atoms with Crippen molar-refractivity contribution in [2.24, 2.45) is 0 Å². The van der Waals surface area contributed by atoms with Crippen LogP contribution in [0.3, 0.4) is 0 Å². The molecule has 18 aromatic rings. The van der Waals surface area contributed by atoms with Gasteiger partial charge in [-0.2, -0.15) is 0 Å². The Morgan fingerprint density at radius 3 is 0.555 bits per heavy atom. The highest BCUT2D eigenvalue weighted by Gasteiger charge is 2.46. The average Bonchev–Trinajstić information content (AvgIpc) is 1.55. The molecule has 0 aromatic heterocycles. The van der Waals surface area contributed by atoms with Crippen LogP contribution in [0.15, 0.2) is 424 Å². The first-order valence-corrected chi connectivity index (χ1v) is 42.8. The van der Waals surface area contributed by atoms with E-state index in [0.717, 1.165) is 0 Å². The summed E-state index contributed by atoms with van der Waals surface area (Å²) in [6.45, 7) is 0. The Morgan fingerprint density at radius 1 is 0.160 bits per heavy atom. The summed E-state index contributed by atoms with van der Waals surface area (Å²) in [5, 5.41) is 4.93. The van der Waals surface area contributed by atoms with E-state index < -0.39 is 5.41 Å². The average molecular weight is 1520 g/mol. The molecular weight excluding hydrogens is 1430 g/mol. The molecule has 0 atom stereocenters. The summed E-state index contributed by atoms with van der Waals surface area (Å²) in [7, 11) is 0. The molecule has 2 saturated carbocycles. The van der Waals surface area contributed by atoms with Crippen molar-refractivity contribution in [1.29, 1.82) is 0 Å². The molecule has 0 spiro atoms. The van der Waals surface area contributed by atoms with Crippen LogP contribution in [0.1, 0.15) is 97.6 Å². The van der Waals surface area contributed by atoms with Crippen molar-refractivity contribution in [1.82, 2.24) is 0 Å². The summed E-state index contributed by atoms with van der Waals surface area (Å²) in [5.41, 5.74) is 42.1. The molecule has 3 aliphatic carbocycles. The zero-order chi connectivity index (χ0) is 79.0. The second kappa shape index (κ2) is 31.9. The van der Waals surface area contributed by atoms with Crippen molar-refractivity contribution in [3.8, 4) is 145 Å². The highest BCUT2D eigenvalue weighted by atomic mass is 14.5. The van der Waals surface area contributed by atoms with Gasteiger partial charge in [-0.25, -0.2) is 0 Å². The molecule has 0 nitrogen and oxygen atoms in total. The van der Waals surface area contributed by atoms with Gasteiger partial charge in [-0.1, -0.05) is 424 Å².